The van der Waals surface area contributed by atoms with Crippen LogP contribution in [-0.2, 0) is 19.1 Å². The number of hydrogen-bond donors (Lipinski definition) is 1. The summed E-state index contributed by atoms with van der Waals surface area (Å²) in [5.41, 5.74) is 0.164. The van der Waals surface area contributed by atoms with Crippen molar-refractivity contribution in [1.82, 2.24) is 5.32 Å². The van der Waals surface area contributed by atoms with Gasteiger partial charge >= 0.3 is 11.9 Å². The molecule has 0 aromatic heterocycles. The summed E-state index contributed by atoms with van der Waals surface area (Å²) in [5, 5.41) is 14.1. The fourth-order valence-electron chi connectivity index (χ4n) is 2.37. The first-order valence-corrected chi connectivity index (χ1v) is 8.83. The molecule has 0 aliphatic carbocycles. The number of nitrogens with one attached hydrogen (secondary N) is 1. The number of carbonyl (C=O) groups is 4. The van der Waals surface area contributed by atoms with Crippen LogP contribution in [0, 0.1) is 0 Å². The maximum Gasteiger partial charge on any atom is 0.339 e. The van der Waals surface area contributed by atoms with Crippen LogP contribution in [0.5, 0.6) is 0 Å². The van der Waals surface area contributed by atoms with Crippen LogP contribution >= 0.6 is 0 Å². The van der Waals surface area contributed by atoms with Gasteiger partial charge in [-0.05, 0) is 38.1 Å². The van der Waals surface area contributed by atoms with E-state index in [1.807, 2.05) is 0 Å². The van der Waals surface area contributed by atoms with Crippen molar-refractivity contribution in [1.29, 1.82) is 0 Å². The van der Waals surface area contributed by atoms with Crippen molar-refractivity contribution in [3.05, 3.63) is 71.8 Å². The molecule has 0 aliphatic heterocycles. The number of carboxylic acids is 1. The van der Waals surface area contributed by atoms with Crippen molar-refractivity contribution >= 4 is 23.8 Å². The molecule has 1 N–H and O–H groups in total. The van der Waals surface area contributed by atoms with Crippen molar-refractivity contribution < 1.29 is 33.8 Å². The highest BCUT2D eigenvalue weighted by Gasteiger charge is 2.37. The molecule has 2 unspecified atom stereocenters. The zero-order valence-electron chi connectivity index (χ0n) is 15.9. The van der Waals surface area contributed by atoms with Crippen LogP contribution in [0.4, 0.5) is 0 Å². The van der Waals surface area contributed by atoms with Gasteiger partial charge in [0.2, 0.25) is 6.10 Å². The fraction of sp³-hybridized carbons (Fsp3) is 0.238. The van der Waals surface area contributed by atoms with E-state index in [1.165, 1.54) is 24.3 Å². The van der Waals surface area contributed by atoms with Crippen molar-refractivity contribution in [2.45, 2.75) is 32.1 Å². The Bertz CT molecular complexity index is 865. The second kappa shape index (κ2) is 10.0. The zero-order chi connectivity index (χ0) is 21.4. The topological polar surface area (TPSA) is 122 Å². The number of carboxylic acid groups (broad SMARTS) is 1. The molecule has 2 rings (SSSR count). The molecule has 0 heterocycles. The van der Waals surface area contributed by atoms with Gasteiger partial charge in [0.1, 0.15) is 0 Å². The molecule has 2 aromatic rings. The molecule has 0 bridgehead atoms. The number of carbonyl (C=O) groups excluding carboxylic acids is 4. The van der Waals surface area contributed by atoms with E-state index in [4.69, 9.17) is 9.47 Å². The summed E-state index contributed by atoms with van der Waals surface area (Å²) in [4.78, 5) is 48.8. The highest BCUT2D eigenvalue weighted by atomic mass is 16.6. The maximum absolute atomic E-state index is 12.5. The Labute approximate surface area is 167 Å². The minimum Gasteiger partial charge on any atom is -0.546 e. The molecule has 0 saturated heterocycles. The lowest BCUT2D eigenvalue weighted by molar-refractivity contribution is -0.317. The van der Waals surface area contributed by atoms with Crippen molar-refractivity contribution in [2.75, 3.05) is 0 Å². The number of esters is 2. The summed E-state index contributed by atoms with van der Waals surface area (Å²) in [5.74, 6) is -4.76. The summed E-state index contributed by atoms with van der Waals surface area (Å²) in [6.45, 7) is 3.27. The van der Waals surface area contributed by atoms with E-state index in [0.717, 1.165) is 0 Å². The lowest BCUT2D eigenvalue weighted by atomic mass is 10.1. The van der Waals surface area contributed by atoms with Gasteiger partial charge in [-0.15, -0.1) is 0 Å². The monoisotopic (exact) mass is 398 g/mol. The molecular weight excluding hydrogens is 378 g/mol. The maximum atomic E-state index is 12.5. The molecule has 0 fully saturated rings. The molecule has 2 atom stereocenters. The fourth-order valence-corrected chi connectivity index (χ4v) is 2.37. The first-order chi connectivity index (χ1) is 13.8. The zero-order valence-corrected chi connectivity index (χ0v) is 15.9. The standard InChI is InChI=1S/C21H21NO7/c1-13(2)22-18(23)16(28-20(26)14-9-5-3-6-10-14)17(19(24)25)29-21(27)15-11-7-4-8-12-15/h3-13,16-17H,1-2H3,(H,22,23)(H,24,25)/p-1. The number of hydrogen-bond acceptors (Lipinski definition) is 7. The molecule has 8 heteroatoms. The number of amides is 1. The molecule has 0 aliphatic rings. The SMILES string of the molecule is CC(C)NC(=O)C(OC(=O)c1ccccc1)C(OC(=O)c1ccccc1)C(=O)[O-]. The summed E-state index contributed by atoms with van der Waals surface area (Å²) in [7, 11) is 0. The first kappa shape index (κ1) is 21.6. The van der Waals surface area contributed by atoms with Gasteiger partial charge in [0, 0.05) is 6.04 Å². The summed E-state index contributed by atoms with van der Waals surface area (Å²) >= 11 is 0. The second-order valence-corrected chi connectivity index (χ2v) is 6.37. The van der Waals surface area contributed by atoms with E-state index in [9.17, 15) is 24.3 Å². The van der Waals surface area contributed by atoms with Gasteiger partial charge in [0.15, 0.2) is 6.10 Å². The average molecular weight is 398 g/mol. The quantitative estimate of drug-likeness (QED) is 0.650. The molecule has 29 heavy (non-hydrogen) atoms. The lowest BCUT2D eigenvalue weighted by Gasteiger charge is -2.27. The van der Waals surface area contributed by atoms with Gasteiger partial charge in [-0.3, -0.25) is 4.79 Å². The van der Waals surface area contributed by atoms with Gasteiger partial charge in [-0.25, -0.2) is 9.59 Å². The van der Waals surface area contributed by atoms with E-state index < -0.39 is 36.0 Å². The van der Waals surface area contributed by atoms with Crippen LogP contribution in [0.3, 0.4) is 0 Å². The Morgan fingerprint density at radius 2 is 1.17 bits per heavy atom. The van der Waals surface area contributed by atoms with Crippen LogP contribution in [0.2, 0.25) is 0 Å². The van der Waals surface area contributed by atoms with Gasteiger partial charge in [0.05, 0.1) is 17.1 Å². The van der Waals surface area contributed by atoms with Crippen molar-refractivity contribution in [3.63, 3.8) is 0 Å². The predicted molar refractivity (Wildman–Crippen MR) is 99.6 cm³/mol. The van der Waals surface area contributed by atoms with Crippen LogP contribution in [0.15, 0.2) is 60.7 Å². The smallest absolute Gasteiger partial charge is 0.339 e. The Balaban J connectivity index is 2.29. The summed E-state index contributed by atoms with van der Waals surface area (Å²) < 4.78 is 10.1. The van der Waals surface area contributed by atoms with Crippen LogP contribution in [0.25, 0.3) is 0 Å². The Kier molecular flexibility index (Phi) is 7.47. The van der Waals surface area contributed by atoms with E-state index in [0.29, 0.717) is 0 Å². The third-order valence-corrected chi connectivity index (χ3v) is 3.68. The van der Waals surface area contributed by atoms with Gasteiger partial charge < -0.3 is 24.7 Å². The Hall–Kier alpha value is -3.68. The first-order valence-electron chi connectivity index (χ1n) is 8.83. The molecule has 1 amide bonds. The van der Waals surface area contributed by atoms with E-state index in [1.54, 1.807) is 50.2 Å². The van der Waals surface area contributed by atoms with E-state index in [2.05, 4.69) is 5.32 Å². The van der Waals surface area contributed by atoms with Crippen molar-refractivity contribution in [2.24, 2.45) is 0 Å². The lowest BCUT2D eigenvalue weighted by Crippen LogP contribution is -2.55. The highest BCUT2D eigenvalue weighted by molar-refractivity contribution is 5.96. The minimum absolute atomic E-state index is 0.0659. The summed E-state index contributed by atoms with van der Waals surface area (Å²) in [6.07, 6.45) is -4.09. The van der Waals surface area contributed by atoms with E-state index in [-0.39, 0.29) is 17.2 Å². The van der Waals surface area contributed by atoms with Crippen molar-refractivity contribution in [3.8, 4) is 0 Å². The molecule has 0 radical (unpaired) electrons. The molecule has 0 saturated carbocycles. The third-order valence-electron chi connectivity index (χ3n) is 3.68. The highest BCUT2D eigenvalue weighted by Crippen LogP contribution is 2.13. The predicted octanol–water partition coefficient (Wildman–Crippen LogP) is 0.712. The number of aliphatic carboxylic acids is 1. The van der Waals surface area contributed by atoms with Gasteiger partial charge in [0.25, 0.3) is 5.91 Å². The normalized spacial score (nSPS) is 12.5. The van der Waals surface area contributed by atoms with E-state index >= 15 is 0 Å². The molecule has 8 nitrogen and oxygen atoms in total. The second-order valence-electron chi connectivity index (χ2n) is 6.37. The van der Waals surface area contributed by atoms with Gasteiger partial charge in [-0.1, -0.05) is 36.4 Å². The van der Waals surface area contributed by atoms with Crippen LogP contribution < -0.4 is 10.4 Å². The summed E-state index contributed by atoms with van der Waals surface area (Å²) in [6, 6.07) is 14.9. The Morgan fingerprint density at radius 3 is 1.55 bits per heavy atom. The molecule has 2 aromatic carbocycles. The van der Waals surface area contributed by atoms with Crippen LogP contribution in [0.1, 0.15) is 34.6 Å². The Morgan fingerprint density at radius 1 is 0.759 bits per heavy atom. The number of benzene rings is 2. The third kappa shape index (κ3) is 6.17. The average Bonchev–Trinajstić information content (AvgIpc) is 2.70. The number of rotatable bonds is 8. The van der Waals surface area contributed by atoms with Gasteiger partial charge in [-0.2, -0.15) is 0 Å². The molecular formula is C21H20NO7-. The minimum atomic E-state index is -2.14. The molecule has 0 spiro atoms. The number of ether oxygens (including phenoxy) is 2. The van der Waals surface area contributed by atoms with Crippen LogP contribution in [-0.4, -0.2) is 42.1 Å². The largest absolute Gasteiger partial charge is 0.546 e. The molecule has 152 valence electrons.